The molecule has 1 fully saturated rings. The number of rotatable bonds is 7. The van der Waals surface area contributed by atoms with E-state index in [0.717, 1.165) is 30.6 Å². The van der Waals surface area contributed by atoms with Crippen LogP contribution in [0.1, 0.15) is 28.9 Å². The van der Waals surface area contributed by atoms with Crippen LogP contribution >= 0.6 is 34.5 Å². The summed E-state index contributed by atoms with van der Waals surface area (Å²) in [5.41, 5.74) is 2.16. The third kappa shape index (κ3) is 5.32. The van der Waals surface area contributed by atoms with Gasteiger partial charge in [0.25, 0.3) is 5.91 Å². The third-order valence-corrected chi connectivity index (χ3v) is 6.18. The molecule has 1 aliphatic rings. The number of halogens is 2. The van der Waals surface area contributed by atoms with E-state index in [9.17, 15) is 4.79 Å². The van der Waals surface area contributed by atoms with Crippen LogP contribution in [-0.4, -0.2) is 30.1 Å². The first-order chi connectivity index (χ1) is 14.6. The molecule has 1 aliphatic heterocycles. The largest absolute Gasteiger partial charge is 0.489 e. The number of nitrogens with one attached hydrogen (secondary N) is 1. The molecule has 30 heavy (non-hydrogen) atoms. The molecule has 0 bridgehead atoms. The number of nitrogens with zero attached hydrogens (tertiary/aromatic N) is 1. The van der Waals surface area contributed by atoms with E-state index in [4.69, 9.17) is 32.7 Å². The minimum absolute atomic E-state index is 0.0990. The molecular weight excluding hydrogens is 443 g/mol. The monoisotopic (exact) mass is 462 g/mol. The van der Waals surface area contributed by atoms with Crippen molar-refractivity contribution in [2.24, 2.45) is 0 Å². The van der Waals surface area contributed by atoms with Gasteiger partial charge in [-0.25, -0.2) is 4.98 Å². The Morgan fingerprint density at radius 2 is 2.07 bits per heavy atom. The Balaban J connectivity index is 1.38. The van der Waals surface area contributed by atoms with Crippen LogP contribution in [0.2, 0.25) is 10.0 Å². The van der Waals surface area contributed by atoms with Gasteiger partial charge in [0.15, 0.2) is 0 Å². The fraction of sp³-hybridized carbons (Fsp3) is 0.273. The van der Waals surface area contributed by atoms with Gasteiger partial charge < -0.3 is 14.8 Å². The Bertz CT molecular complexity index is 1020. The molecule has 1 atom stereocenters. The SMILES string of the molecule is O=C(NCC1CCCO1)c1csc(-c2ccc(OCc3ccc(Cl)cc3)cc2Cl)n1. The molecule has 8 heteroatoms. The fourth-order valence-electron chi connectivity index (χ4n) is 3.11. The van der Waals surface area contributed by atoms with Crippen LogP contribution in [0.15, 0.2) is 47.8 Å². The number of hydrogen-bond donors (Lipinski definition) is 1. The maximum Gasteiger partial charge on any atom is 0.270 e. The average Bonchev–Trinajstić information content (AvgIpc) is 3.44. The normalized spacial score (nSPS) is 15.9. The summed E-state index contributed by atoms with van der Waals surface area (Å²) in [5.74, 6) is 0.455. The molecule has 0 saturated carbocycles. The lowest BCUT2D eigenvalue weighted by atomic mass is 10.2. The van der Waals surface area contributed by atoms with Gasteiger partial charge in [-0.05, 0) is 48.7 Å². The van der Waals surface area contributed by atoms with Gasteiger partial charge in [0, 0.05) is 29.1 Å². The minimum atomic E-state index is -0.202. The number of ether oxygens (including phenoxy) is 2. The molecule has 0 aliphatic carbocycles. The Kier molecular flexibility index (Phi) is 6.89. The second-order valence-corrected chi connectivity index (χ2v) is 8.64. The first kappa shape index (κ1) is 21.1. The highest BCUT2D eigenvalue weighted by molar-refractivity contribution is 7.13. The Morgan fingerprint density at radius 3 is 2.80 bits per heavy atom. The Hall–Kier alpha value is -2.12. The molecule has 3 aromatic rings. The van der Waals surface area contributed by atoms with E-state index in [1.807, 2.05) is 36.4 Å². The summed E-state index contributed by atoms with van der Waals surface area (Å²) in [5, 5.41) is 6.52. The van der Waals surface area contributed by atoms with Crippen molar-refractivity contribution in [1.82, 2.24) is 10.3 Å². The van der Waals surface area contributed by atoms with Crippen molar-refractivity contribution < 1.29 is 14.3 Å². The standard InChI is InChI=1S/C22H20Cl2N2O3S/c23-15-5-3-14(4-6-15)12-29-16-7-8-18(19(24)10-16)22-26-20(13-30-22)21(27)25-11-17-2-1-9-28-17/h3-8,10,13,17H,1-2,9,11-12H2,(H,25,27). The van der Waals surface area contributed by atoms with E-state index in [-0.39, 0.29) is 12.0 Å². The van der Waals surface area contributed by atoms with E-state index in [1.54, 1.807) is 11.4 Å². The van der Waals surface area contributed by atoms with Crippen LogP contribution in [0, 0.1) is 0 Å². The van der Waals surface area contributed by atoms with Crippen molar-refractivity contribution in [3.8, 4) is 16.3 Å². The van der Waals surface area contributed by atoms with E-state index in [2.05, 4.69) is 10.3 Å². The predicted molar refractivity (Wildman–Crippen MR) is 120 cm³/mol. The zero-order valence-corrected chi connectivity index (χ0v) is 18.4. The number of hydrogen-bond acceptors (Lipinski definition) is 5. The van der Waals surface area contributed by atoms with Crippen molar-refractivity contribution in [3.05, 3.63) is 69.1 Å². The van der Waals surface area contributed by atoms with Gasteiger partial charge in [-0.3, -0.25) is 4.79 Å². The van der Waals surface area contributed by atoms with Gasteiger partial charge in [-0.1, -0.05) is 35.3 Å². The first-order valence-corrected chi connectivity index (χ1v) is 11.2. The number of carbonyl (C=O) groups is 1. The molecule has 1 N–H and O–H groups in total. The van der Waals surface area contributed by atoms with Crippen LogP contribution in [0.4, 0.5) is 0 Å². The van der Waals surface area contributed by atoms with Crippen molar-refractivity contribution in [2.75, 3.05) is 13.2 Å². The first-order valence-electron chi connectivity index (χ1n) is 9.61. The lowest BCUT2D eigenvalue weighted by Crippen LogP contribution is -2.31. The second kappa shape index (κ2) is 9.79. The molecule has 0 spiro atoms. The predicted octanol–water partition coefficient (Wildman–Crippen LogP) is 5.60. The quantitative estimate of drug-likeness (QED) is 0.495. The summed E-state index contributed by atoms with van der Waals surface area (Å²) in [6.45, 7) is 1.69. The molecule has 156 valence electrons. The Labute approximate surface area is 188 Å². The highest BCUT2D eigenvalue weighted by Crippen LogP contribution is 2.33. The lowest BCUT2D eigenvalue weighted by molar-refractivity contribution is 0.0854. The van der Waals surface area contributed by atoms with Crippen LogP contribution in [-0.2, 0) is 11.3 Å². The maximum atomic E-state index is 12.3. The summed E-state index contributed by atoms with van der Waals surface area (Å²) >= 11 is 13.7. The maximum absolute atomic E-state index is 12.3. The summed E-state index contributed by atoms with van der Waals surface area (Å²) in [4.78, 5) is 16.8. The number of thiazole rings is 1. The van der Waals surface area contributed by atoms with Gasteiger partial charge in [0.05, 0.1) is 11.1 Å². The smallest absolute Gasteiger partial charge is 0.270 e. The molecule has 2 heterocycles. The molecule has 4 rings (SSSR count). The topological polar surface area (TPSA) is 60.5 Å². The number of aromatic nitrogens is 1. The van der Waals surface area contributed by atoms with E-state index in [0.29, 0.717) is 39.6 Å². The molecular formula is C22H20Cl2N2O3S. The average molecular weight is 463 g/mol. The zero-order chi connectivity index (χ0) is 20.9. The molecule has 1 amide bonds. The van der Waals surface area contributed by atoms with Crippen molar-refractivity contribution in [2.45, 2.75) is 25.6 Å². The molecule has 2 aromatic carbocycles. The van der Waals surface area contributed by atoms with Crippen LogP contribution in [0.5, 0.6) is 5.75 Å². The van der Waals surface area contributed by atoms with Crippen LogP contribution < -0.4 is 10.1 Å². The molecule has 1 aromatic heterocycles. The molecule has 1 unspecified atom stereocenters. The van der Waals surface area contributed by atoms with E-state index >= 15 is 0 Å². The molecule has 1 saturated heterocycles. The molecule has 5 nitrogen and oxygen atoms in total. The minimum Gasteiger partial charge on any atom is -0.489 e. The highest BCUT2D eigenvalue weighted by atomic mass is 35.5. The van der Waals surface area contributed by atoms with Crippen LogP contribution in [0.3, 0.4) is 0 Å². The highest BCUT2D eigenvalue weighted by Gasteiger charge is 2.18. The van der Waals surface area contributed by atoms with Crippen molar-refractivity contribution in [3.63, 3.8) is 0 Å². The Morgan fingerprint density at radius 1 is 1.23 bits per heavy atom. The van der Waals surface area contributed by atoms with Crippen LogP contribution in [0.25, 0.3) is 10.6 Å². The number of benzene rings is 2. The second-order valence-electron chi connectivity index (χ2n) is 6.94. The van der Waals surface area contributed by atoms with Gasteiger partial charge >= 0.3 is 0 Å². The van der Waals surface area contributed by atoms with E-state index in [1.165, 1.54) is 11.3 Å². The van der Waals surface area contributed by atoms with Crippen molar-refractivity contribution in [1.29, 1.82) is 0 Å². The zero-order valence-electron chi connectivity index (χ0n) is 16.1. The molecule has 0 radical (unpaired) electrons. The lowest BCUT2D eigenvalue weighted by Gasteiger charge is -2.09. The number of carbonyl (C=O) groups excluding carboxylic acids is 1. The van der Waals surface area contributed by atoms with Gasteiger partial charge in [-0.15, -0.1) is 11.3 Å². The van der Waals surface area contributed by atoms with E-state index < -0.39 is 0 Å². The summed E-state index contributed by atoms with van der Waals surface area (Å²) in [7, 11) is 0. The summed E-state index contributed by atoms with van der Waals surface area (Å²) in [6, 6.07) is 12.9. The fourth-order valence-corrected chi connectivity index (χ4v) is 4.39. The number of amides is 1. The summed E-state index contributed by atoms with van der Waals surface area (Å²) < 4.78 is 11.3. The van der Waals surface area contributed by atoms with Gasteiger partial charge in [-0.2, -0.15) is 0 Å². The summed E-state index contributed by atoms with van der Waals surface area (Å²) in [6.07, 6.45) is 2.12. The van der Waals surface area contributed by atoms with Gasteiger partial charge in [0.1, 0.15) is 23.1 Å². The van der Waals surface area contributed by atoms with Crippen molar-refractivity contribution >= 4 is 40.4 Å². The third-order valence-electron chi connectivity index (χ3n) is 4.74. The van der Waals surface area contributed by atoms with Gasteiger partial charge in [0.2, 0.25) is 0 Å².